The van der Waals surface area contributed by atoms with Crippen LogP contribution in [0.2, 0.25) is 0 Å². The molecule has 7 heteroatoms. The smallest absolute Gasteiger partial charge is 0.309 e. The first-order valence-corrected chi connectivity index (χ1v) is 6.46. The number of likely N-dealkylation sites (tertiary alicyclic amines) is 1. The number of carboxylic acid groups (broad SMARTS) is 1. The molecule has 19 heavy (non-hydrogen) atoms. The zero-order chi connectivity index (χ0) is 13.8. The molecule has 1 aliphatic rings. The summed E-state index contributed by atoms with van der Waals surface area (Å²) in [6, 6.07) is 0.267. The van der Waals surface area contributed by atoms with E-state index in [1.54, 1.807) is 0 Å². The monoisotopic (exact) mass is 266 g/mol. The SMILES string of the molecule is CC1CCCCN1C(=O)Cn1cc(CC(=O)O)nn1. The van der Waals surface area contributed by atoms with Crippen LogP contribution in [-0.2, 0) is 22.6 Å². The van der Waals surface area contributed by atoms with Gasteiger partial charge in [0.25, 0.3) is 0 Å². The Morgan fingerprint density at radius 3 is 2.95 bits per heavy atom. The minimum absolute atomic E-state index is 0.0129. The van der Waals surface area contributed by atoms with E-state index >= 15 is 0 Å². The number of carbonyl (C=O) groups is 2. The zero-order valence-corrected chi connectivity index (χ0v) is 10.9. The van der Waals surface area contributed by atoms with E-state index in [0.29, 0.717) is 5.69 Å². The summed E-state index contributed by atoms with van der Waals surface area (Å²) >= 11 is 0. The molecule has 1 aromatic heterocycles. The molecule has 1 saturated heterocycles. The van der Waals surface area contributed by atoms with Gasteiger partial charge in [-0.25, -0.2) is 4.68 Å². The summed E-state index contributed by atoms with van der Waals surface area (Å²) in [7, 11) is 0. The Balaban J connectivity index is 1.94. The van der Waals surface area contributed by atoms with E-state index in [1.165, 1.54) is 10.9 Å². The molecule has 0 radical (unpaired) electrons. The number of carboxylic acids is 1. The van der Waals surface area contributed by atoms with E-state index < -0.39 is 5.97 Å². The van der Waals surface area contributed by atoms with Crippen LogP contribution in [0.15, 0.2) is 6.20 Å². The lowest BCUT2D eigenvalue weighted by molar-refractivity contribution is -0.136. The van der Waals surface area contributed by atoms with Crippen molar-refractivity contribution in [2.75, 3.05) is 6.54 Å². The molecule has 1 unspecified atom stereocenters. The van der Waals surface area contributed by atoms with Crippen molar-refractivity contribution in [1.82, 2.24) is 19.9 Å². The molecule has 7 nitrogen and oxygen atoms in total. The van der Waals surface area contributed by atoms with Gasteiger partial charge in [0.15, 0.2) is 0 Å². The van der Waals surface area contributed by atoms with Crippen molar-refractivity contribution in [3.05, 3.63) is 11.9 Å². The molecule has 1 amide bonds. The van der Waals surface area contributed by atoms with Gasteiger partial charge in [0.05, 0.1) is 12.1 Å². The number of carbonyl (C=O) groups excluding carboxylic acids is 1. The lowest BCUT2D eigenvalue weighted by atomic mass is 10.0. The highest BCUT2D eigenvalue weighted by molar-refractivity contribution is 5.76. The van der Waals surface area contributed by atoms with E-state index in [1.807, 2.05) is 11.8 Å². The fraction of sp³-hybridized carbons (Fsp3) is 0.667. The highest BCUT2D eigenvalue weighted by Crippen LogP contribution is 2.16. The predicted octanol–water partition coefficient (Wildman–Crippen LogP) is 0.306. The lowest BCUT2D eigenvalue weighted by Gasteiger charge is -2.33. The summed E-state index contributed by atoms with van der Waals surface area (Å²) in [6.45, 7) is 2.96. The van der Waals surface area contributed by atoms with Gasteiger partial charge in [0, 0.05) is 18.8 Å². The molecule has 0 aliphatic carbocycles. The first kappa shape index (κ1) is 13.5. The third kappa shape index (κ3) is 3.52. The van der Waals surface area contributed by atoms with Crippen molar-refractivity contribution < 1.29 is 14.7 Å². The second-order valence-electron chi connectivity index (χ2n) is 4.91. The number of nitrogens with zero attached hydrogens (tertiary/aromatic N) is 4. The molecule has 1 atom stereocenters. The molecule has 2 heterocycles. The van der Waals surface area contributed by atoms with E-state index in [4.69, 9.17) is 5.11 Å². The quantitative estimate of drug-likeness (QED) is 0.847. The van der Waals surface area contributed by atoms with Gasteiger partial charge in [-0.1, -0.05) is 5.21 Å². The van der Waals surface area contributed by atoms with E-state index in [9.17, 15) is 9.59 Å². The average molecular weight is 266 g/mol. The van der Waals surface area contributed by atoms with Crippen molar-refractivity contribution in [2.45, 2.75) is 45.2 Å². The van der Waals surface area contributed by atoms with Crippen LogP contribution < -0.4 is 0 Å². The van der Waals surface area contributed by atoms with Gasteiger partial charge in [-0.15, -0.1) is 5.10 Å². The maximum absolute atomic E-state index is 12.1. The third-order valence-corrected chi connectivity index (χ3v) is 3.34. The Hall–Kier alpha value is -1.92. The number of hydrogen-bond donors (Lipinski definition) is 1. The third-order valence-electron chi connectivity index (χ3n) is 3.34. The summed E-state index contributed by atoms with van der Waals surface area (Å²) in [5, 5.41) is 16.2. The van der Waals surface area contributed by atoms with Crippen molar-refractivity contribution >= 4 is 11.9 Å². The van der Waals surface area contributed by atoms with Crippen LogP contribution in [0.1, 0.15) is 31.9 Å². The molecule has 1 fully saturated rings. The van der Waals surface area contributed by atoms with E-state index in [-0.39, 0.29) is 24.9 Å². The number of piperidine rings is 1. The molecule has 2 rings (SSSR count). The van der Waals surface area contributed by atoms with Crippen molar-refractivity contribution in [2.24, 2.45) is 0 Å². The van der Waals surface area contributed by atoms with Crippen molar-refractivity contribution in [3.8, 4) is 0 Å². The van der Waals surface area contributed by atoms with Crippen LogP contribution in [0.3, 0.4) is 0 Å². The zero-order valence-electron chi connectivity index (χ0n) is 10.9. The Labute approximate surface area is 111 Å². The molecule has 1 N–H and O–H groups in total. The second kappa shape index (κ2) is 5.81. The highest BCUT2D eigenvalue weighted by Gasteiger charge is 2.23. The Morgan fingerprint density at radius 1 is 1.47 bits per heavy atom. The predicted molar refractivity (Wildman–Crippen MR) is 66.4 cm³/mol. The van der Waals surface area contributed by atoms with Gasteiger partial charge in [-0.2, -0.15) is 0 Å². The van der Waals surface area contributed by atoms with Crippen LogP contribution >= 0.6 is 0 Å². The number of aromatic nitrogens is 3. The molecule has 0 bridgehead atoms. The molecular formula is C12H18N4O3. The average Bonchev–Trinajstić information content (AvgIpc) is 2.76. The number of amides is 1. The molecule has 0 saturated carbocycles. The summed E-state index contributed by atoms with van der Waals surface area (Å²) < 4.78 is 1.40. The Kier molecular flexibility index (Phi) is 4.13. The van der Waals surface area contributed by atoms with Crippen molar-refractivity contribution in [3.63, 3.8) is 0 Å². The molecule has 1 aromatic rings. The minimum atomic E-state index is -0.956. The van der Waals surface area contributed by atoms with Gasteiger partial charge >= 0.3 is 5.97 Å². The highest BCUT2D eigenvalue weighted by atomic mass is 16.4. The fourth-order valence-electron chi connectivity index (χ4n) is 2.35. The largest absolute Gasteiger partial charge is 0.481 e. The molecule has 104 valence electrons. The first-order valence-electron chi connectivity index (χ1n) is 6.46. The van der Waals surface area contributed by atoms with Gasteiger partial charge < -0.3 is 10.0 Å². The molecular weight excluding hydrogens is 248 g/mol. The van der Waals surface area contributed by atoms with E-state index in [0.717, 1.165) is 25.8 Å². The minimum Gasteiger partial charge on any atom is -0.481 e. The normalized spacial score (nSPS) is 19.4. The van der Waals surface area contributed by atoms with Crippen LogP contribution in [-0.4, -0.2) is 49.5 Å². The Bertz CT molecular complexity index is 471. The maximum atomic E-state index is 12.1. The van der Waals surface area contributed by atoms with Crippen LogP contribution in [0.5, 0.6) is 0 Å². The van der Waals surface area contributed by atoms with Gasteiger partial charge in [0.1, 0.15) is 6.54 Å². The number of rotatable bonds is 4. The van der Waals surface area contributed by atoms with Gasteiger partial charge in [-0.3, -0.25) is 9.59 Å². The summed E-state index contributed by atoms with van der Waals surface area (Å²) in [4.78, 5) is 24.5. The van der Waals surface area contributed by atoms with Gasteiger partial charge in [-0.05, 0) is 26.2 Å². The first-order chi connectivity index (χ1) is 9.06. The second-order valence-corrected chi connectivity index (χ2v) is 4.91. The summed E-state index contributed by atoms with van der Waals surface area (Å²) in [6.07, 6.45) is 4.58. The van der Waals surface area contributed by atoms with E-state index in [2.05, 4.69) is 10.3 Å². The summed E-state index contributed by atoms with van der Waals surface area (Å²) in [5.41, 5.74) is 0.368. The lowest BCUT2D eigenvalue weighted by Crippen LogP contribution is -2.43. The standard InChI is InChI=1S/C12H18N4O3/c1-9-4-2-3-5-16(9)11(17)8-15-7-10(13-14-15)6-12(18)19/h7,9H,2-6,8H2,1H3,(H,18,19). The number of hydrogen-bond acceptors (Lipinski definition) is 4. The number of aliphatic carboxylic acids is 1. The fourth-order valence-corrected chi connectivity index (χ4v) is 2.35. The topological polar surface area (TPSA) is 88.3 Å². The molecule has 0 spiro atoms. The van der Waals surface area contributed by atoms with Crippen LogP contribution in [0.4, 0.5) is 0 Å². The van der Waals surface area contributed by atoms with Crippen LogP contribution in [0, 0.1) is 0 Å². The maximum Gasteiger partial charge on any atom is 0.309 e. The Morgan fingerprint density at radius 2 is 2.26 bits per heavy atom. The summed E-state index contributed by atoms with van der Waals surface area (Å²) in [5.74, 6) is -0.943. The molecule has 0 aromatic carbocycles. The molecule has 1 aliphatic heterocycles. The van der Waals surface area contributed by atoms with Gasteiger partial charge in [0.2, 0.25) is 5.91 Å². The van der Waals surface area contributed by atoms with Crippen molar-refractivity contribution in [1.29, 1.82) is 0 Å². The van der Waals surface area contributed by atoms with Crippen LogP contribution in [0.25, 0.3) is 0 Å².